The largest absolute Gasteiger partial charge is 0.280 e. The molecule has 1 aliphatic rings. The lowest BCUT2D eigenvalue weighted by Gasteiger charge is -2.03. The van der Waals surface area contributed by atoms with Crippen LogP contribution in [0.15, 0.2) is 29.3 Å². The molecule has 0 atom stereocenters. The van der Waals surface area contributed by atoms with E-state index in [-0.39, 0.29) is 0 Å². The third-order valence-electron chi connectivity index (χ3n) is 2.37. The van der Waals surface area contributed by atoms with Gasteiger partial charge in [-0.2, -0.15) is 0 Å². The second-order valence-electron chi connectivity index (χ2n) is 3.51. The Balaban J connectivity index is 2.74. The lowest BCUT2D eigenvalue weighted by Crippen LogP contribution is -2.23. The number of hydrogen-bond acceptors (Lipinski definition) is 1. The monoisotopic (exact) mass is 159 g/mol. The van der Waals surface area contributed by atoms with Gasteiger partial charge in [0.15, 0.2) is 0 Å². The van der Waals surface area contributed by atoms with Gasteiger partial charge in [-0.1, -0.05) is 32.0 Å². The van der Waals surface area contributed by atoms with E-state index in [0.29, 0.717) is 5.92 Å². The van der Waals surface area contributed by atoms with Gasteiger partial charge < -0.3 is 0 Å². The Morgan fingerprint density at radius 3 is 2.75 bits per heavy atom. The van der Waals surface area contributed by atoms with E-state index in [9.17, 15) is 0 Å². The molecule has 1 aliphatic heterocycles. The molecule has 0 fully saturated rings. The highest BCUT2D eigenvalue weighted by atomic mass is 14.7. The lowest BCUT2D eigenvalue weighted by molar-refractivity contribution is 0.831. The first-order valence-corrected chi connectivity index (χ1v) is 4.41. The van der Waals surface area contributed by atoms with Gasteiger partial charge in [0.1, 0.15) is 0 Å². The number of nitrogens with zero attached hydrogens (tertiary/aromatic N) is 1. The molecule has 1 nitrogen and oxygen atoms in total. The van der Waals surface area contributed by atoms with E-state index in [1.54, 1.807) is 0 Å². The summed E-state index contributed by atoms with van der Waals surface area (Å²) in [5.41, 5.74) is 1.48. The van der Waals surface area contributed by atoms with Gasteiger partial charge in [0.2, 0.25) is 0 Å². The van der Waals surface area contributed by atoms with E-state index in [0.717, 1.165) is 6.54 Å². The van der Waals surface area contributed by atoms with Gasteiger partial charge in [0.05, 0.1) is 11.9 Å². The Morgan fingerprint density at radius 1 is 1.25 bits per heavy atom. The van der Waals surface area contributed by atoms with Crippen LogP contribution in [-0.4, -0.2) is 6.54 Å². The molecule has 2 rings (SSSR count). The number of fused-ring (bicyclic) bond motifs is 1. The molecule has 1 heterocycles. The van der Waals surface area contributed by atoms with Gasteiger partial charge >= 0.3 is 0 Å². The van der Waals surface area contributed by atoms with E-state index in [1.165, 1.54) is 16.1 Å². The first-order valence-electron chi connectivity index (χ1n) is 4.41. The minimum atomic E-state index is 0.623. The Kier molecular flexibility index (Phi) is 1.72. The summed E-state index contributed by atoms with van der Waals surface area (Å²) in [5.74, 6) is 0.623. The maximum absolute atomic E-state index is 4.46. The summed E-state index contributed by atoms with van der Waals surface area (Å²) < 4.78 is 0. The number of benzene rings is 1. The molecular formula is C11H13N. The summed E-state index contributed by atoms with van der Waals surface area (Å²) in [7, 11) is 0. The van der Waals surface area contributed by atoms with E-state index >= 15 is 0 Å². The molecule has 0 unspecified atom stereocenters. The van der Waals surface area contributed by atoms with Crippen LogP contribution in [0.5, 0.6) is 0 Å². The Bertz CT molecular complexity index is 401. The molecule has 0 aliphatic carbocycles. The van der Waals surface area contributed by atoms with Crippen LogP contribution in [0.3, 0.4) is 0 Å². The van der Waals surface area contributed by atoms with Gasteiger partial charge in [-0.3, -0.25) is 4.99 Å². The minimum absolute atomic E-state index is 0.623. The van der Waals surface area contributed by atoms with Crippen LogP contribution in [0.4, 0.5) is 0 Å². The zero-order chi connectivity index (χ0) is 8.55. The molecule has 0 saturated carbocycles. The highest BCUT2D eigenvalue weighted by Crippen LogP contribution is 2.10. The summed E-state index contributed by atoms with van der Waals surface area (Å²) in [6, 6.07) is 8.39. The normalized spacial score (nSPS) is 14.8. The average molecular weight is 159 g/mol. The molecular weight excluding hydrogens is 146 g/mol. The molecule has 0 saturated heterocycles. The van der Waals surface area contributed by atoms with Crippen LogP contribution in [0, 0.1) is 5.92 Å². The maximum atomic E-state index is 4.46. The van der Waals surface area contributed by atoms with Crippen LogP contribution in [0.25, 0.3) is 5.57 Å². The average Bonchev–Trinajstić information content (AvgIpc) is 2.47. The molecule has 0 aromatic heterocycles. The summed E-state index contributed by atoms with van der Waals surface area (Å²) in [6.07, 6.45) is 0. The smallest absolute Gasteiger partial charge is 0.0650 e. The van der Waals surface area contributed by atoms with E-state index in [1.807, 2.05) is 6.07 Å². The third-order valence-corrected chi connectivity index (χ3v) is 2.37. The topological polar surface area (TPSA) is 12.4 Å². The van der Waals surface area contributed by atoms with E-state index in [4.69, 9.17) is 0 Å². The number of hydrogen-bond donors (Lipinski definition) is 0. The van der Waals surface area contributed by atoms with Crippen LogP contribution < -0.4 is 10.6 Å². The van der Waals surface area contributed by atoms with Crippen molar-refractivity contribution >= 4 is 5.57 Å². The molecule has 0 N–H and O–H groups in total. The van der Waals surface area contributed by atoms with Crippen molar-refractivity contribution < 1.29 is 0 Å². The standard InChI is InChI=1S/C11H13N/c1-8(2)10-7-12-11-6-4-3-5-9(10)11/h3-6,8H,7H2,1-2H3. The van der Waals surface area contributed by atoms with Crippen molar-refractivity contribution in [3.63, 3.8) is 0 Å². The fourth-order valence-electron chi connectivity index (χ4n) is 1.63. The predicted octanol–water partition coefficient (Wildman–Crippen LogP) is 1.13. The van der Waals surface area contributed by atoms with Gasteiger partial charge in [-0.25, -0.2) is 0 Å². The van der Waals surface area contributed by atoms with E-state index < -0.39 is 0 Å². The first kappa shape index (κ1) is 7.53. The number of para-hydroxylation sites is 1. The van der Waals surface area contributed by atoms with Crippen LogP contribution in [0.1, 0.15) is 13.8 Å². The van der Waals surface area contributed by atoms with Crippen molar-refractivity contribution in [3.05, 3.63) is 34.8 Å². The fraction of sp³-hybridized carbons (Fsp3) is 0.364. The first-order chi connectivity index (χ1) is 5.79. The molecule has 0 radical (unpaired) electrons. The molecule has 62 valence electrons. The van der Waals surface area contributed by atoms with Gasteiger partial charge in [-0.15, -0.1) is 0 Å². The van der Waals surface area contributed by atoms with E-state index in [2.05, 4.69) is 37.0 Å². The molecule has 1 heteroatoms. The van der Waals surface area contributed by atoms with Crippen LogP contribution in [0.2, 0.25) is 0 Å². The van der Waals surface area contributed by atoms with Crippen LogP contribution >= 0.6 is 0 Å². The zero-order valence-corrected chi connectivity index (χ0v) is 7.54. The van der Waals surface area contributed by atoms with Crippen molar-refractivity contribution in [2.75, 3.05) is 6.54 Å². The van der Waals surface area contributed by atoms with Gasteiger partial charge in [0.25, 0.3) is 0 Å². The third kappa shape index (κ3) is 1.06. The second-order valence-corrected chi connectivity index (χ2v) is 3.51. The Hall–Kier alpha value is -1.11. The summed E-state index contributed by atoms with van der Waals surface area (Å²) in [6.45, 7) is 5.36. The summed E-state index contributed by atoms with van der Waals surface area (Å²) >= 11 is 0. The summed E-state index contributed by atoms with van der Waals surface area (Å²) in [4.78, 5) is 4.46. The highest BCUT2D eigenvalue weighted by molar-refractivity contribution is 5.50. The molecule has 0 spiro atoms. The zero-order valence-electron chi connectivity index (χ0n) is 7.54. The summed E-state index contributed by atoms with van der Waals surface area (Å²) in [5, 5.41) is 2.52. The van der Waals surface area contributed by atoms with Crippen molar-refractivity contribution in [1.29, 1.82) is 0 Å². The fourth-order valence-corrected chi connectivity index (χ4v) is 1.63. The highest BCUT2D eigenvalue weighted by Gasteiger charge is 2.08. The Morgan fingerprint density at radius 2 is 2.00 bits per heavy atom. The second kappa shape index (κ2) is 2.74. The SMILES string of the molecule is CC(C)C1=c2ccccc2=NC1. The Labute approximate surface area is 72.5 Å². The number of rotatable bonds is 1. The molecule has 1 aromatic carbocycles. The molecule has 1 aromatic rings. The maximum Gasteiger partial charge on any atom is 0.0650 e. The van der Waals surface area contributed by atoms with Gasteiger partial charge in [0, 0.05) is 5.22 Å². The lowest BCUT2D eigenvalue weighted by atomic mass is 10.0. The predicted molar refractivity (Wildman–Crippen MR) is 50.3 cm³/mol. The minimum Gasteiger partial charge on any atom is -0.280 e. The van der Waals surface area contributed by atoms with Crippen molar-refractivity contribution in [2.24, 2.45) is 10.9 Å². The van der Waals surface area contributed by atoms with Crippen molar-refractivity contribution in [3.8, 4) is 0 Å². The molecule has 0 bridgehead atoms. The van der Waals surface area contributed by atoms with Crippen LogP contribution in [-0.2, 0) is 0 Å². The molecule has 12 heavy (non-hydrogen) atoms. The van der Waals surface area contributed by atoms with Crippen molar-refractivity contribution in [1.82, 2.24) is 0 Å². The van der Waals surface area contributed by atoms with Crippen molar-refractivity contribution in [2.45, 2.75) is 13.8 Å². The van der Waals surface area contributed by atoms with Gasteiger partial charge in [-0.05, 0) is 17.6 Å². The molecule has 0 amide bonds. The quantitative estimate of drug-likeness (QED) is 0.582.